The lowest BCUT2D eigenvalue weighted by atomic mass is 10.2. The van der Waals surface area contributed by atoms with Crippen molar-refractivity contribution in [3.8, 4) is 23.0 Å². The topological polar surface area (TPSA) is 108 Å². The number of rotatable bonds is 5. The van der Waals surface area contributed by atoms with Crippen molar-refractivity contribution in [3.63, 3.8) is 0 Å². The van der Waals surface area contributed by atoms with Gasteiger partial charge in [-0.15, -0.1) is 9.61 Å². The van der Waals surface area contributed by atoms with Crippen molar-refractivity contribution >= 4 is 29.0 Å². The summed E-state index contributed by atoms with van der Waals surface area (Å²) in [4.78, 5) is 29.4. The summed E-state index contributed by atoms with van der Waals surface area (Å²) in [5, 5.41) is 7.24. The third-order valence-corrected chi connectivity index (χ3v) is 4.52. The third-order valence-electron chi connectivity index (χ3n) is 4.27. The molecule has 0 unspecified atom stereocenters. The van der Waals surface area contributed by atoms with Crippen molar-refractivity contribution < 1.29 is 18.7 Å². The molecule has 0 spiro atoms. The van der Waals surface area contributed by atoms with Crippen LogP contribution in [0.1, 0.15) is 10.4 Å². The van der Waals surface area contributed by atoms with Crippen LogP contribution in [0, 0.1) is 0 Å². The molecule has 10 heteroatoms. The van der Waals surface area contributed by atoms with Crippen LogP contribution in [0.3, 0.4) is 0 Å². The van der Waals surface area contributed by atoms with Gasteiger partial charge < -0.3 is 19.2 Å². The Balaban J connectivity index is 1.65. The molecule has 0 saturated heterocycles. The van der Waals surface area contributed by atoms with Crippen LogP contribution in [0.2, 0.25) is 5.02 Å². The lowest BCUT2D eigenvalue weighted by Gasteiger charge is -2.09. The van der Waals surface area contributed by atoms with Gasteiger partial charge in [0.05, 0.1) is 20.4 Å². The molecule has 9 nitrogen and oxygen atoms in total. The van der Waals surface area contributed by atoms with Gasteiger partial charge >= 0.3 is 11.4 Å². The molecule has 0 aliphatic rings. The van der Waals surface area contributed by atoms with E-state index in [4.69, 9.17) is 25.5 Å². The average Bonchev–Trinajstić information content (AvgIpc) is 3.20. The van der Waals surface area contributed by atoms with E-state index in [1.807, 2.05) is 0 Å². The molecule has 1 N–H and O–H groups in total. The summed E-state index contributed by atoms with van der Waals surface area (Å²) in [5.41, 5.74) is 0.264. The first-order valence-corrected chi connectivity index (χ1v) is 9.06. The van der Waals surface area contributed by atoms with Crippen molar-refractivity contribution in [3.05, 3.63) is 69.6 Å². The molecule has 0 bridgehead atoms. The van der Waals surface area contributed by atoms with Gasteiger partial charge in [-0.1, -0.05) is 11.6 Å². The van der Waals surface area contributed by atoms with Crippen molar-refractivity contribution in [1.29, 1.82) is 0 Å². The van der Waals surface area contributed by atoms with Crippen LogP contribution < -0.4 is 20.3 Å². The zero-order valence-corrected chi connectivity index (χ0v) is 16.6. The SMILES string of the molecule is COc1ccc(C(=O)Nc2cnc3oc(-c4ccc(Cl)cc4)nn3c2=O)cc1OC. The Morgan fingerprint density at radius 3 is 2.53 bits per heavy atom. The van der Waals surface area contributed by atoms with Gasteiger partial charge in [-0.05, 0) is 42.5 Å². The molecule has 0 radical (unpaired) electrons. The Morgan fingerprint density at radius 2 is 1.83 bits per heavy atom. The number of hydrogen-bond acceptors (Lipinski definition) is 7. The van der Waals surface area contributed by atoms with E-state index in [9.17, 15) is 9.59 Å². The van der Waals surface area contributed by atoms with Gasteiger partial charge in [0, 0.05) is 16.1 Å². The summed E-state index contributed by atoms with van der Waals surface area (Å²) in [7, 11) is 2.96. The molecule has 1 amide bonds. The Hall–Kier alpha value is -3.85. The fourth-order valence-corrected chi connectivity index (χ4v) is 2.88. The van der Waals surface area contributed by atoms with Crippen LogP contribution in [0.25, 0.3) is 17.3 Å². The smallest absolute Gasteiger partial charge is 0.328 e. The van der Waals surface area contributed by atoms with E-state index < -0.39 is 11.5 Å². The molecule has 4 aromatic rings. The van der Waals surface area contributed by atoms with Gasteiger partial charge in [0.15, 0.2) is 11.5 Å². The first-order chi connectivity index (χ1) is 14.5. The van der Waals surface area contributed by atoms with E-state index in [-0.39, 0.29) is 23.0 Å². The Labute approximate surface area is 174 Å². The molecule has 2 aromatic heterocycles. The summed E-state index contributed by atoms with van der Waals surface area (Å²) in [6.07, 6.45) is 1.22. The summed E-state index contributed by atoms with van der Waals surface area (Å²) in [5.74, 6) is 0.541. The van der Waals surface area contributed by atoms with E-state index in [0.717, 1.165) is 4.52 Å². The number of amides is 1. The highest BCUT2D eigenvalue weighted by molar-refractivity contribution is 6.30. The number of aromatic nitrogens is 3. The van der Waals surface area contributed by atoms with Crippen molar-refractivity contribution in [2.24, 2.45) is 0 Å². The molecule has 0 saturated carbocycles. The number of ether oxygens (including phenoxy) is 2. The number of anilines is 1. The summed E-state index contributed by atoms with van der Waals surface area (Å²) in [6.45, 7) is 0. The van der Waals surface area contributed by atoms with Crippen molar-refractivity contribution in [1.82, 2.24) is 14.6 Å². The van der Waals surface area contributed by atoms with Gasteiger partial charge in [0.1, 0.15) is 5.69 Å². The van der Waals surface area contributed by atoms with Crippen LogP contribution in [0.5, 0.6) is 11.5 Å². The van der Waals surface area contributed by atoms with Crippen LogP contribution in [0.4, 0.5) is 5.69 Å². The molecule has 152 valence electrons. The van der Waals surface area contributed by atoms with E-state index in [0.29, 0.717) is 22.1 Å². The van der Waals surface area contributed by atoms with Gasteiger partial charge in [0.2, 0.25) is 5.89 Å². The summed E-state index contributed by atoms with van der Waals surface area (Å²) in [6, 6.07) is 11.4. The molecule has 0 atom stereocenters. The second-order valence-electron chi connectivity index (χ2n) is 6.11. The number of carbonyl (C=O) groups is 1. The van der Waals surface area contributed by atoms with Gasteiger partial charge in [-0.2, -0.15) is 0 Å². The lowest BCUT2D eigenvalue weighted by molar-refractivity contribution is 0.102. The van der Waals surface area contributed by atoms with E-state index >= 15 is 0 Å². The maximum atomic E-state index is 12.7. The van der Waals surface area contributed by atoms with Crippen molar-refractivity contribution in [2.75, 3.05) is 19.5 Å². The predicted molar refractivity (Wildman–Crippen MR) is 109 cm³/mol. The molecule has 0 aliphatic heterocycles. The zero-order valence-electron chi connectivity index (χ0n) is 15.9. The lowest BCUT2D eigenvalue weighted by Crippen LogP contribution is -2.23. The van der Waals surface area contributed by atoms with Gasteiger partial charge in [-0.25, -0.2) is 4.98 Å². The van der Waals surface area contributed by atoms with Crippen LogP contribution in [-0.4, -0.2) is 34.7 Å². The number of methoxy groups -OCH3 is 2. The van der Waals surface area contributed by atoms with Crippen LogP contribution in [0.15, 0.2) is 57.9 Å². The fourth-order valence-electron chi connectivity index (χ4n) is 2.75. The van der Waals surface area contributed by atoms with Crippen LogP contribution >= 0.6 is 11.6 Å². The van der Waals surface area contributed by atoms with E-state index in [2.05, 4.69) is 15.4 Å². The molecular weight excluding hydrogens is 412 g/mol. The van der Waals surface area contributed by atoms with Crippen molar-refractivity contribution in [2.45, 2.75) is 0 Å². The zero-order chi connectivity index (χ0) is 21.3. The molecule has 0 aliphatic carbocycles. The quantitative estimate of drug-likeness (QED) is 0.521. The molecule has 2 aromatic carbocycles. The maximum absolute atomic E-state index is 12.7. The molecular formula is C20H15ClN4O5. The molecule has 30 heavy (non-hydrogen) atoms. The predicted octanol–water partition coefficient (Wildman–Crippen LogP) is 3.27. The number of nitrogens with one attached hydrogen (secondary N) is 1. The minimum atomic E-state index is -0.585. The number of carbonyl (C=O) groups excluding carboxylic acids is 1. The monoisotopic (exact) mass is 426 g/mol. The Morgan fingerprint density at radius 1 is 1.10 bits per heavy atom. The number of halogens is 1. The normalized spacial score (nSPS) is 10.8. The standard InChI is InChI=1S/C20H15ClN4O5/c1-28-15-8-5-12(9-16(15)29-2)17(26)23-14-10-22-20-25(19(14)27)24-18(30-20)11-3-6-13(21)7-4-11/h3-10H,1-2H3,(H,23,26). The minimum Gasteiger partial charge on any atom is -0.493 e. The number of benzene rings is 2. The maximum Gasteiger partial charge on any atom is 0.328 e. The second-order valence-corrected chi connectivity index (χ2v) is 6.55. The van der Waals surface area contributed by atoms with Gasteiger partial charge in [0.25, 0.3) is 5.91 Å². The third kappa shape index (κ3) is 3.58. The molecule has 2 heterocycles. The minimum absolute atomic E-state index is 0.00549. The summed E-state index contributed by atoms with van der Waals surface area (Å²) >= 11 is 5.89. The number of hydrogen-bond donors (Lipinski definition) is 1. The first-order valence-electron chi connectivity index (χ1n) is 8.68. The molecule has 0 fully saturated rings. The highest BCUT2D eigenvalue weighted by Gasteiger charge is 2.16. The fraction of sp³-hybridized carbons (Fsp3) is 0.100. The number of nitrogens with zero attached hydrogens (tertiary/aromatic N) is 3. The average molecular weight is 427 g/mol. The van der Waals surface area contributed by atoms with E-state index in [1.54, 1.807) is 36.4 Å². The molecule has 4 rings (SSSR count). The second kappa shape index (κ2) is 7.88. The highest BCUT2D eigenvalue weighted by Crippen LogP contribution is 2.27. The Bertz CT molecular complexity index is 1300. The first kappa shape index (κ1) is 19.5. The largest absolute Gasteiger partial charge is 0.493 e. The van der Waals surface area contributed by atoms with Crippen LogP contribution in [-0.2, 0) is 0 Å². The Kier molecular flexibility index (Phi) is 5.11. The summed E-state index contributed by atoms with van der Waals surface area (Å²) < 4.78 is 16.9. The highest BCUT2D eigenvalue weighted by atomic mass is 35.5. The van der Waals surface area contributed by atoms with E-state index in [1.165, 1.54) is 26.5 Å². The number of fused-ring (bicyclic) bond motifs is 1. The van der Waals surface area contributed by atoms with Gasteiger partial charge in [-0.3, -0.25) is 9.59 Å².